The van der Waals surface area contributed by atoms with Gasteiger partial charge in [0.1, 0.15) is 0 Å². The van der Waals surface area contributed by atoms with E-state index in [-0.39, 0.29) is 30.7 Å². The molecule has 0 aliphatic carbocycles. The summed E-state index contributed by atoms with van der Waals surface area (Å²) in [6, 6.07) is 7.81. The molecule has 0 atom stereocenters. The molecule has 2 N–H and O–H groups in total. The minimum atomic E-state index is -0.203. The first-order valence-electron chi connectivity index (χ1n) is 6.65. The van der Waals surface area contributed by atoms with E-state index in [1.54, 1.807) is 0 Å². The van der Waals surface area contributed by atoms with Crippen molar-refractivity contribution in [3.05, 3.63) is 41.9 Å². The molecule has 1 aromatic carbocycles. The molecule has 2 rings (SSSR count). The number of halogens is 2. The maximum absolute atomic E-state index is 12.1. The van der Waals surface area contributed by atoms with Crippen molar-refractivity contribution in [3.63, 3.8) is 0 Å². The third-order valence-corrected chi connectivity index (χ3v) is 2.99. The van der Waals surface area contributed by atoms with Crippen LogP contribution >= 0.6 is 24.8 Å². The molecule has 0 bridgehead atoms. The van der Waals surface area contributed by atoms with E-state index in [0.717, 1.165) is 24.1 Å². The van der Waals surface area contributed by atoms with Gasteiger partial charge in [-0.1, -0.05) is 29.8 Å². The molecule has 122 valence electrons. The summed E-state index contributed by atoms with van der Waals surface area (Å²) in [6.07, 6.45) is 2.18. The molecule has 0 aliphatic rings. The summed E-state index contributed by atoms with van der Waals surface area (Å²) in [5, 5.41) is 5.87. The zero-order chi connectivity index (χ0) is 14.4. The Morgan fingerprint density at radius 2 is 1.86 bits per heavy atom. The summed E-state index contributed by atoms with van der Waals surface area (Å²) >= 11 is 0. The average molecular weight is 346 g/mol. The van der Waals surface area contributed by atoms with Crippen LogP contribution in [0.1, 0.15) is 22.5 Å². The van der Waals surface area contributed by atoms with Crippen LogP contribution in [0.2, 0.25) is 0 Å². The lowest BCUT2D eigenvalue weighted by molar-refractivity contribution is 0.0949. The third-order valence-electron chi connectivity index (χ3n) is 2.99. The molecular weight excluding hydrogens is 325 g/mol. The van der Waals surface area contributed by atoms with Gasteiger partial charge in [-0.15, -0.1) is 24.8 Å². The minimum Gasteiger partial charge on any atom is -0.443 e. The Morgan fingerprint density at radius 3 is 2.50 bits per heavy atom. The molecule has 1 heterocycles. The molecular formula is C15H21Cl2N3O2. The second-order valence-corrected chi connectivity index (χ2v) is 4.61. The van der Waals surface area contributed by atoms with Crippen molar-refractivity contribution in [1.82, 2.24) is 15.6 Å². The van der Waals surface area contributed by atoms with Gasteiger partial charge >= 0.3 is 0 Å². The van der Waals surface area contributed by atoms with Crippen molar-refractivity contribution >= 4 is 30.7 Å². The fraction of sp³-hybridized carbons (Fsp3) is 0.333. The molecule has 0 saturated heterocycles. The molecule has 0 aliphatic heterocycles. The lowest BCUT2D eigenvalue weighted by Gasteiger charge is -2.04. The van der Waals surface area contributed by atoms with Crippen LogP contribution in [0.4, 0.5) is 0 Å². The van der Waals surface area contributed by atoms with E-state index >= 15 is 0 Å². The maximum atomic E-state index is 12.1. The van der Waals surface area contributed by atoms with Crippen LogP contribution in [0.5, 0.6) is 0 Å². The molecule has 0 spiro atoms. The van der Waals surface area contributed by atoms with Crippen LogP contribution < -0.4 is 10.6 Å². The monoisotopic (exact) mass is 345 g/mol. The first-order chi connectivity index (χ1) is 9.72. The van der Waals surface area contributed by atoms with Crippen LogP contribution in [-0.4, -0.2) is 31.0 Å². The van der Waals surface area contributed by atoms with Gasteiger partial charge in [0.15, 0.2) is 17.8 Å². The van der Waals surface area contributed by atoms with Gasteiger partial charge in [-0.05, 0) is 26.9 Å². The summed E-state index contributed by atoms with van der Waals surface area (Å²) in [6.45, 7) is 3.49. The molecule has 5 nitrogen and oxygen atoms in total. The Labute approximate surface area is 142 Å². The van der Waals surface area contributed by atoms with E-state index in [9.17, 15) is 4.79 Å². The van der Waals surface area contributed by atoms with E-state index in [4.69, 9.17) is 4.42 Å². The van der Waals surface area contributed by atoms with Gasteiger partial charge in [-0.3, -0.25) is 4.79 Å². The summed E-state index contributed by atoms with van der Waals surface area (Å²) < 4.78 is 5.35. The van der Waals surface area contributed by atoms with Crippen molar-refractivity contribution in [2.75, 3.05) is 20.1 Å². The van der Waals surface area contributed by atoms with Crippen LogP contribution in [0, 0.1) is 6.92 Å². The Hall–Kier alpha value is -1.56. The highest BCUT2D eigenvalue weighted by molar-refractivity contribution is 5.97. The fourth-order valence-electron chi connectivity index (χ4n) is 1.87. The van der Waals surface area contributed by atoms with Gasteiger partial charge in [-0.25, -0.2) is 4.98 Å². The van der Waals surface area contributed by atoms with E-state index in [1.165, 1.54) is 6.39 Å². The molecule has 0 unspecified atom stereocenters. The molecule has 22 heavy (non-hydrogen) atoms. The Bertz CT molecular complexity index is 570. The predicted molar refractivity (Wildman–Crippen MR) is 92.0 cm³/mol. The zero-order valence-electron chi connectivity index (χ0n) is 12.6. The summed E-state index contributed by atoms with van der Waals surface area (Å²) in [4.78, 5) is 16.1. The SMILES string of the molecule is CNCCCNC(=O)c1ncoc1-c1ccc(C)cc1.Cl.Cl. The quantitative estimate of drug-likeness (QED) is 0.790. The Morgan fingerprint density at radius 1 is 1.18 bits per heavy atom. The van der Waals surface area contributed by atoms with E-state index in [2.05, 4.69) is 15.6 Å². The van der Waals surface area contributed by atoms with Crippen molar-refractivity contribution in [3.8, 4) is 11.3 Å². The van der Waals surface area contributed by atoms with Crippen molar-refractivity contribution < 1.29 is 9.21 Å². The number of hydrogen-bond donors (Lipinski definition) is 2. The molecule has 2 aromatic rings. The average Bonchev–Trinajstić information content (AvgIpc) is 2.93. The minimum absolute atomic E-state index is 0. The Kier molecular flexibility index (Phi) is 9.49. The number of benzene rings is 1. The number of oxazole rings is 1. The molecule has 1 aromatic heterocycles. The second-order valence-electron chi connectivity index (χ2n) is 4.61. The third kappa shape index (κ3) is 5.33. The number of nitrogens with zero attached hydrogens (tertiary/aromatic N) is 1. The van der Waals surface area contributed by atoms with E-state index < -0.39 is 0 Å². The second kappa shape index (κ2) is 10.2. The lowest BCUT2D eigenvalue weighted by atomic mass is 10.1. The number of carbonyl (C=O) groups excluding carboxylic acids is 1. The summed E-state index contributed by atoms with van der Waals surface area (Å²) in [7, 11) is 1.88. The first-order valence-corrected chi connectivity index (χ1v) is 6.65. The standard InChI is InChI=1S/C15H19N3O2.2ClH/c1-11-4-6-12(7-5-11)14-13(18-10-20-14)15(19)17-9-3-8-16-2;;/h4-7,10,16H,3,8-9H2,1-2H3,(H,17,19);2*1H. The molecule has 0 radical (unpaired) electrons. The number of nitrogens with one attached hydrogen (secondary N) is 2. The van der Waals surface area contributed by atoms with E-state index in [1.807, 2.05) is 38.2 Å². The summed E-state index contributed by atoms with van der Waals surface area (Å²) in [5.74, 6) is 0.307. The smallest absolute Gasteiger partial charge is 0.273 e. The molecule has 0 fully saturated rings. The first kappa shape index (κ1) is 20.4. The highest BCUT2D eigenvalue weighted by Crippen LogP contribution is 2.23. The lowest BCUT2D eigenvalue weighted by Crippen LogP contribution is -2.27. The number of aryl methyl sites for hydroxylation is 1. The van der Waals surface area contributed by atoms with Gasteiger partial charge in [0.2, 0.25) is 0 Å². The number of hydrogen-bond acceptors (Lipinski definition) is 4. The molecule has 1 amide bonds. The van der Waals surface area contributed by atoms with Crippen LogP contribution in [0.3, 0.4) is 0 Å². The van der Waals surface area contributed by atoms with Gasteiger partial charge in [0.25, 0.3) is 5.91 Å². The number of rotatable bonds is 6. The van der Waals surface area contributed by atoms with E-state index in [0.29, 0.717) is 18.0 Å². The largest absolute Gasteiger partial charge is 0.443 e. The van der Waals surface area contributed by atoms with Gasteiger partial charge in [-0.2, -0.15) is 0 Å². The predicted octanol–water partition coefficient (Wildman–Crippen LogP) is 2.83. The van der Waals surface area contributed by atoms with Gasteiger partial charge in [0, 0.05) is 12.1 Å². The van der Waals surface area contributed by atoms with Crippen LogP contribution in [-0.2, 0) is 0 Å². The highest BCUT2D eigenvalue weighted by Gasteiger charge is 2.17. The number of aromatic nitrogens is 1. The topological polar surface area (TPSA) is 67.2 Å². The molecule has 0 saturated carbocycles. The fourth-order valence-corrected chi connectivity index (χ4v) is 1.87. The van der Waals surface area contributed by atoms with Crippen LogP contribution in [0.25, 0.3) is 11.3 Å². The van der Waals surface area contributed by atoms with Gasteiger partial charge < -0.3 is 15.1 Å². The number of carbonyl (C=O) groups is 1. The van der Waals surface area contributed by atoms with Crippen molar-refractivity contribution in [2.45, 2.75) is 13.3 Å². The van der Waals surface area contributed by atoms with Crippen molar-refractivity contribution in [1.29, 1.82) is 0 Å². The molecule has 7 heteroatoms. The highest BCUT2D eigenvalue weighted by atomic mass is 35.5. The van der Waals surface area contributed by atoms with Gasteiger partial charge in [0.05, 0.1) is 0 Å². The Balaban J connectivity index is 0.00000220. The zero-order valence-corrected chi connectivity index (χ0v) is 14.2. The normalized spacial score (nSPS) is 9.55. The van der Waals surface area contributed by atoms with Crippen LogP contribution in [0.15, 0.2) is 35.1 Å². The maximum Gasteiger partial charge on any atom is 0.273 e. The number of amides is 1. The van der Waals surface area contributed by atoms with Crippen molar-refractivity contribution in [2.24, 2.45) is 0 Å². The summed E-state index contributed by atoms with van der Waals surface area (Å²) in [5.41, 5.74) is 2.35.